The molecule has 1 amide bonds. The number of rotatable bonds is 3. The minimum atomic E-state index is -3.07. The van der Waals surface area contributed by atoms with E-state index in [0.717, 1.165) is 16.1 Å². The van der Waals surface area contributed by atoms with E-state index in [-0.39, 0.29) is 17.4 Å². The molecule has 1 fully saturated rings. The number of hydrogen-bond donors (Lipinski definition) is 1. The quantitative estimate of drug-likeness (QED) is 0.891. The van der Waals surface area contributed by atoms with Crippen LogP contribution in [-0.2, 0) is 9.84 Å². The normalized spacial score (nSPS) is 22.1. The smallest absolute Gasteiger partial charge is 0.263 e. The van der Waals surface area contributed by atoms with Gasteiger partial charge in [-0.3, -0.25) is 4.79 Å². The maximum absolute atomic E-state index is 12.7. The molecule has 1 aromatic carbocycles. The summed E-state index contributed by atoms with van der Waals surface area (Å²) in [6, 6.07) is 6.15. The topological polar surface area (TPSA) is 76.1 Å². The standard InChI is InChI=1S/C18H22N2O3S2/c1-11-5-6-14(12(2)9-11)17-19-13(3)15(24-17)16(21)20-18(4)7-8-25(22,23)10-18/h5-6,9H,7-8,10H2,1-4H3,(H,20,21). The Hall–Kier alpha value is -1.73. The number of aryl methyl sites for hydroxylation is 3. The Morgan fingerprint density at radius 2 is 2.00 bits per heavy atom. The third-order valence-corrected chi connectivity index (χ3v) is 7.63. The van der Waals surface area contributed by atoms with Gasteiger partial charge in [0, 0.05) is 5.56 Å². The molecule has 1 unspecified atom stereocenters. The molecule has 1 atom stereocenters. The van der Waals surface area contributed by atoms with Crippen LogP contribution in [0.15, 0.2) is 18.2 Å². The predicted octanol–water partition coefficient (Wildman–Crippen LogP) is 3.04. The summed E-state index contributed by atoms with van der Waals surface area (Å²) in [6.45, 7) is 7.67. The second kappa shape index (κ2) is 6.21. The lowest BCUT2D eigenvalue weighted by atomic mass is 10.0. The number of carbonyl (C=O) groups is 1. The van der Waals surface area contributed by atoms with Gasteiger partial charge in [-0.2, -0.15) is 0 Å². The number of aromatic nitrogens is 1. The molecule has 0 spiro atoms. The fraction of sp³-hybridized carbons (Fsp3) is 0.444. The van der Waals surface area contributed by atoms with E-state index in [2.05, 4.69) is 16.4 Å². The Morgan fingerprint density at radius 3 is 2.60 bits per heavy atom. The van der Waals surface area contributed by atoms with Crippen LogP contribution in [0.2, 0.25) is 0 Å². The lowest BCUT2D eigenvalue weighted by Gasteiger charge is -2.23. The van der Waals surface area contributed by atoms with E-state index >= 15 is 0 Å². The zero-order valence-electron chi connectivity index (χ0n) is 14.8. The van der Waals surface area contributed by atoms with Gasteiger partial charge in [0.05, 0.1) is 22.7 Å². The number of sulfone groups is 1. The number of nitrogens with zero attached hydrogens (tertiary/aromatic N) is 1. The number of hydrogen-bond acceptors (Lipinski definition) is 5. The van der Waals surface area contributed by atoms with E-state index in [1.807, 2.05) is 32.9 Å². The van der Waals surface area contributed by atoms with Crippen LogP contribution in [0, 0.1) is 20.8 Å². The Morgan fingerprint density at radius 1 is 1.28 bits per heavy atom. The lowest BCUT2D eigenvalue weighted by molar-refractivity contribution is 0.0919. The zero-order valence-corrected chi connectivity index (χ0v) is 16.5. The molecule has 0 saturated carbocycles. The second-order valence-electron chi connectivity index (χ2n) is 7.11. The van der Waals surface area contributed by atoms with Gasteiger partial charge >= 0.3 is 0 Å². The van der Waals surface area contributed by atoms with E-state index in [0.29, 0.717) is 17.0 Å². The van der Waals surface area contributed by atoms with Crippen molar-refractivity contribution in [3.63, 3.8) is 0 Å². The fourth-order valence-electron chi connectivity index (χ4n) is 3.22. The molecule has 7 heteroatoms. The van der Waals surface area contributed by atoms with Gasteiger partial charge in [-0.1, -0.05) is 23.8 Å². The first-order chi connectivity index (χ1) is 11.6. The van der Waals surface area contributed by atoms with Gasteiger partial charge in [0.1, 0.15) is 9.88 Å². The Bertz CT molecular complexity index is 947. The summed E-state index contributed by atoms with van der Waals surface area (Å²) in [6.07, 6.45) is 0.447. The van der Waals surface area contributed by atoms with E-state index in [1.165, 1.54) is 16.9 Å². The van der Waals surface area contributed by atoms with Crippen molar-refractivity contribution in [3.05, 3.63) is 39.9 Å². The average molecular weight is 379 g/mol. The number of amides is 1. The molecule has 1 N–H and O–H groups in total. The maximum atomic E-state index is 12.7. The highest BCUT2D eigenvalue weighted by Crippen LogP contribution is 2.31. The molecule has 134 valence electrons. The summed E-state index contributed by atoms with van der Waals surface area (Å²) in [7, 11) is -3.07. The molecule has 0 bridgehead atoms. The van der Waals surface area contributed by atoms with Crippen molar-refractivity contribution in [2.75, 3.05) is 11.5 Å². The molecule has 25 heavy (non-hydrogen) atoms. The first kappa shape index (κ1) is 18.1. The van der Waals surface area contributed by atoms with Crippen molar-refractivity contribution in [2.45, 2.75) is 39.7 Å². The SMILES string of the molecule is Cc1ccc(-c2nc(C)c(C(=O)NC3(C)CCS(=O)(=O)C3)s2)c(C)c1. The van der Waals surface area contributed by atoms with Crippen LogP contribution < -0.4 is 5.32 Å². The minimum absolute atomic E-state index is 0.00643. The highest BCUT2D eigenvalue weighted by Gasteiger charge is 2.40. The van der Waals surface area contributed by atoms with Gasteiger partial charge in [-0.05, 0) is 39.7 Å². The fourth-order valence-corrected chi connectivity index (χ4v) is 6.36. The first-order valence-electron chi connectivity index (χ1n) is 8.17. The molecule has 5 nitrogen and oxygen atoms in total. The molecule has 1 aromatic heterocycles. The number of nitrogens with one attached hydrogen (secondary N) is 1. The maximum Gasteiger partial charge on any atom is 0.263 e. The van der Waals surface area contributed by atoms with Crippen LogP contribution in [0.25, 0.3) is 10.6 Å². The summed E-state index contributed by atoms with van der Waals surface area (Å²) >= 11 is 1.35. The van der Waals surface area contributed by atoms with Crippen molar-refractivity contribution in [1.82, 2.24) is 10.3 Å². The summed E-state index contributed by atoms with van der Waals surface area (Å²) in [5.74, 6) is -0.127. The van der Waals surface area contributed by atoms with Gasteiger partial charge in [-0.15, -0.1) is 11.3 Å². The van der Waals surface area contributed by atoms with Crippen LogP contribution >= 0.6 is 11.3 Å². The zero-order chi connectivity index (χ0) is 18.4. The van der Waals surface area contributed by atoms with E-state index in [9.17, 15) is 13.2 Å². The molecule has 2 heterocycles. The largest absolute Gasteiger partial charge is 0.345 e. The second-order valence-corrected chi connectivity index (χ2v) is 10.3. The number of benzene rings is 1. The summed E-state index contributed by atoms with van der Waals surface area (Å²) in [4.78, 5) is 17.8. The van der Waals surface area contributed by atoms with Crippen molar-refractivity contribution < 1.29 is 13.2 Å². The lowest BCUT2D eigenvalue weighted by Crippen LogP contribution is -2.46. The van der Waals surface area contributed by atoms with E-state index in [4.69, 9.17) is 0 Å². The Balaban J connectivity index is 1.86. The van der Waals surface area contributed by atoms with Crippen LogP contribution in [0.4, 0.5) is 0 Å². The monoisotopic (exact) mass is 378 g/mol. The summed E-state index contributed by atoms with van der Waals surface area (Å²) < 4.78 is 23.4. The van der Waals surface area contributed by atoms with Gasteiger partial charge in [-0.25, -0.2) is 13.4 Å². The summed E-state index contributed by atoms with van der Waals surface area (Å²) in [5.41, 5.74) is 3.29. The Kier molecular flexibility index (Phi) is 4.49. The van der Waals surface area contributed by atoms with Crippen molar-refractivity contribution in [2.24, 2.45) is 0 Å². The van der Waals surface area contributed by atoms with Gasteiger partial charge in [0.25, 0.3) is 5.91 Å². The number of carbonyl (C=O) groups excluding carboxylic acids is 1. The summed E-state index contributed by atoms with van der Waals surface area (Å²) in [5, 5.41) is 3.72. The van der Waals surface area contributed by atoms with Crippen LogP contribution in [0.5, 0.6) is 0 Å². The molecule has 1 saturated heterocycles. The van der Waals surface area contributed by atoms with Crippen molar-refractivity contribution in [3.8, 4) is 10.6 Å². The molecule has 1 aliphatic rings. The number of thiazole rings is 1. The first-order valence-corrected chi connectivity index (χ1v) is 10.8. The predicted molar refractivity (Wildman–Crippen MR) is 101 cm³/mol. The van der Waals surface area contributed by atoms with Crippen molar-refractivity contribution in [1.29, 1.82) is 0 Å². The van der Waals surface area contributed by atoms with E-state index < -0.39 is 15.4 Å². The molecule has 0 aliphatic carbocycles. The van der Waals surface area contributed by atoms with Gasteiger partial charge < -0.3 is 5.32 Å². The molecular weight excluding hydrogens is 356 g/mol. The van der Waals surface area contributed by atoms with Gasteiger partial charge in [0.15, 0.2) is 9.84 Å². The third kappa shape index (κ3) is 3.77. The van der Waals surface area contributed by atoms with E-state index in [1.54, 1.807) is 6.92 Å². The van der Waals surface area contributed by atoms with Gasteiger partial charge in [0.2, 0.25) is 0 Å². The van der Waals surface area contributed by atoms with Crippen LogP contribution in [-0.4, -0.2) is 36.4 Å². The Labute approximate surface area is 152 Å². The molecule has 1 aliphatic heterocycles. The highest BCUT2D eigenvalue weighted by atomic mass is 32.2. The third-order valence-electron chi connectivity index (χ3n) is 4.53. The van der Waals surface area contributed by atoms with Crippen LogP contribution in [0.3, 0.4) is 0 Å². The molecule has 0 radical (unpaired) electrons. The molecule has 3 rings (SSSR count). The van der Waals surface area contributed by atoms with Crippen LogP contribution in [0.1, 0.15) is 39.8 Å². The molecule has 2 aromatic rings. The minimum Gasteiger partial charge on any atom is -0.345 e. The average Bonchev–Trinajstić information content (AvgIpc) is 2.98. The molecular formula is C18H22N2O3S2. The van der Waals surface area contributed by atoms with Crippen molar-refractivity contribution >= 4 is 27.1 Å². The highest BCUT2D eigenvalue weighted by molar-refractivity contribution is 7.91.